The van der Waals surface area contributed by atoms with Crippen LogP contribution in [0.5, 0.6) is 0 Å². The number of hydrogen-bond acceptors (Lipinski definition) is 6. The molecule has 0 aliphatic carbocycles. The number of hydrogen-bond donors (Lipinski definition) is 0. The number of aromatic nitrogens is 3. The van der Waals surface area contributed by atoms with E-state index in [-0.39, 0.29) is 0 Å². The summed E-state index contributed by atoms with van der Waals surface area (Å²) in [6.45, 7) is 0. The van der Waals surface area contributed by atoms with Crippen molar-refractivity contribution in [3.8, 4) is 0 Å². The quantitative estimate of drug-likeness (QED) is 0.297. The smallest absolute Gasteiger partial charge is 0.152 e. The van der Waals surface area contributed by atoms with Gasteiger partial charge in [-0.3, -0.25) is 14.4 Å². The van der Waals surface area contributed by atoms with Gasteiger partial charge in [-0.1, -0.05) is 54.6 Å². The molecule has 3 aromatic heterocycles. The summed E-state index contributed by atoms with van der Waals surface area (Å²) in [6.07, 6.45) is 7.53. The van der Waals surface area contributed by atoms with Gasteiger partial charge in [0, 0.05) is 32.8 Å². The first-order valence-electron chi connectivity index (χ1n) is 11.9. The van der Waals surface area contributed by atoms with E-state index in [1.54, 1.807) is 54.1 Å². The summed E-state index contributed by atoms with van der Waals surface area (Å²) in [7, 11) is 4.71. The van der Waals surface area contributed by atoms with Crippen LogP contribution in [0, 0.1) is 0 Å². The molecule has 3 aromatic carbocycles. The van der Waals surface area contributed by atoms with E-state index in [0.29, 0.717) is 16.7 Å². The van der Waals surface area contributed by atoms with Gasteiger partial charge >= 0.3 is 0 Å². The van der Waals surface area contributed by atoms with E-state index in [0.717, 1.165) is 51.6 Å². The molecule has 198 valence electrons. The van der Waals surface area contributed by atoms with E-state index < -0.39 is 0 Å². The van der Waals surface area contributed by atoms with Gasteiger partial charge in [0.05, 0.1) is 35.1 Å². The first-order valence-corrected chi connectivity index (χ1v) is 11.9. The Balaban J connectivity index is 0.000000136. The van der Waals surface area contributed by atoms with E-state index in [2.05, 4.69) is 0 Å². The predicted molar refractivity (Wildman–Crippen MR) is 149 cm³/mol. The Morgan fingerprint density at radius 1 is 0.462 bits per heavy atom. The van der Waals surface area contributed by atoms with Crippen LogP contribution in [-0.2, 0) is 0 Å². The topological polar surface area (TPSA) is 93.7 Å². The summed E-state index contributed by atoms with van der Waals surface area (Å²) in [4.78, 5) is 47.2. The van der Waals surface area contributed by atoms with Crippen LogP contribution in [0.25, 0.3) is 32.7 Å². The van der Waals surface area contributed by atoms with Crippen molar-refractivity contribution < 1.29 is 28.9 Å². The first kappa shape index (κ1) is 26.7. The molecule has 0 radical (unpaired) electrons. The number of rotatable bonds is 6. The fourth-order valence-corrected chi connectivity index (χ4v) is 4.26. The summed E-state index contributed by atoms with van der Waals surface area (Å²) in [6, 6.07) is 22.8. The molecule has 9 nitrogen and oxygen atoms in total. The van der Waals surface area contributed by atoms with Gasteiger partial charge in [0.25, 0.3) is 0 Å². The van der Waals surface area contributed by atoms with Crippen molar-refractivity contribution in [2.24, 2.45) is 0 Å². The average Bonchev–Trinajstić information content (AvgIpc) is 3.68. The molecule has 0 saturated carbocycles. The Hall–Kier alpha value is -5.31. The SMILES string of the molecule is COn1cc(C=O)c2ccccc21.COn1cc(C=O)c2ccccc21.COn1cc(C=O)c2ccccc21. The number of para-hydroxylation sites is 3. The highest BCUT2D eigenvalue weighted by atomic mass is 16.7. The predicted octanol–water partition coefficient (Wildman–Crippen LogP) is 4.54. The van der Waals surface area contributed by atoms with Gasteiger partial charge in [-0.25, -0.2) is 0 Å². The number of aldehydes is 3. The highest BCUT2D eigenvalue weighted by Gasteiger charge is 2.08. The third kappa shape index (κ3) is 5.37. The third-order valence-electron chi connectivity index (χ3n) is 6.10. The summed E-state index contributed by atoms with van der Waals surface area (Å²) in [5, 5.41) is 2.75. The van der Waals surface area contributed by atoms with Crippen molar-refractivity contribution in [3.63, 3.8) is 0 Å². The Labute approximate surface area is 224 Å². The molecule has 0 aliphatic rings. The normalized spacial score (nSPS) is 10.2. The standard InChI is InChI=1S/3C10H9NO2/c3*1-13-11-6-8(7-12)9-4-2-3-5-10(9)11/h3*2-7H,1H3. The lowest BCUT2D eigenvalue weighted by atomic mass is 10.2. The van der Waals surface area contributed by atoms with E-state index in [9.17, 15) is 14.4 Å². The summed E-state index contributed by atoms with van der Waals surface area (Å²) in [5.74, 6) is 0. The lowest BCUT2D eigenvalue weighted by Gasteiger charge is -1.99. The van der Waals surface area contributed by atoms with Crippen molar-refractivity contribution in [1.29, 1.82) is 0 Å². The van der Waals surface area contributed by atoms with E-state index in [4.69, 9.17) is 14.5 Å². The van der Waals surface area contributed by atoms with Gasteiger partial charge < -0.3 is 14.5 Å². The van der Waals surface area contributed by atoms with Gasteiger partial charge in [0.1, 0.15) is 21.3 Å². The molecule has 6 rings (SSSR count). The minimum Gasteiger partial charge on any atom is -0.417 e. The number of nitrogens with zero attached hydrogens (tertiary/aromatic N) is 3. The molecule has 0 aliphatic heterocycles. The lowest BCUT2D eigenvalue weighted by Crippen LogP contribution is -2.02. The van der Waals surface area contributed by atoms with Gasteiger partial charge in [-0.2, -0.15) is 14.2 Å². The summed E-state index contributed by atoms with van der Waals surface area (Å²) < 4.78 is 4.75. The summed E-state index contributed by atoms with van der Waals surface area (Å²) >= 11 is 0. The zero-order valence-corrected chi connectivity index (χ0v) is 21.7. The molecule has 6 aromatic rings. The molecule has 0 amide bonds. The average molecular weight is 526 g/mol. The number of fused-ring (bicyclic) bond motifs is 3. The van der Waals surface area contributed by atoms with Crippen LogP contribution in [0.4, 0.5) is 0 Å². The monoisotopic (exact) mass is 525 g/mol. The van der Waals surface area contributed by atoms with Crippen molar-refractivity contribution in [1.82, 2.24) is 14.2 Å². The van der Waals surface area contributed by atoms with Gasteiger partial charge in [0.2, 0.25) is 0 Å². The Bertz CT molecular complexity index is 1540. The van der Waals surface area contributed by atoms with Crippen LogP contribution in [0.2, 0.25) is 0 Å². The minimum atomic E-state index is 0.650. The highest BCUT2D eigenvalue weighted by Crippen LogP contribution is 2.20. The molecule has 0 fully saturated rings. The van der Waals surface area contributed by atoms with Crippen molar-refractivity contribution >= 4 is 51.6 Å². The molecule has 39 heavy (non-hydrogen) atoms. The maximum atomic E-state index is 10.7. The molecule has 0 saturated heterocycles. The number of carbonyl (C=O) groups is 3. The second-order valence-electron chi connectivity index (χ2n) is 8.18. The van der Waals surface area contributed by atoms with Crippen LogP contribution in [0.3, 0.4) is 0 Å². The summed E-state index contributed by atoms with van der Waals surface area (Å²) in [5.41, 5.74) is 4.68. The second-order valence-corrected chi connectivity index (χ2v) is 8.18. The van der Waals surface area contributed by atoms with Gasteiger partial charge in [-0.15, -0.1) is 0 Å². The lowest BCUT2D eigenvalue weighted by molar-refractivity contribution is 0.111. The zero-order valence-electron chi connectivity index (χ0n) is 21.7. The molecule has 0 atom stereocenters. The number of benzene rings is 3. The van der Waals surface area contributed by atoms with Gasteiger partial charge in [0.15, 0.2) is 18.9 Å². The molecule has 0 unspecified atom stereocenters. The molecule has 3 heterocycles. The van der Waals surface area contributed by atoms with Crippen LogP contribution in [0.1, 0.15) is 31.1 Å². The van der Waals surface area contributed by atoms with Crippen molar-refractivity contribution in [2.75, 3.05) is 21.3 Å². The molecule has 9 heteroatoms. The Kier molecular flexibility index (Phi) is 8.43. The highest BCUT2D eigenvalue weighted by molar-refractivity contribution is 5.98. The van der Waals surface area contributed by atoms with E-state index in [1.807, 2.05) is 72.8 Å². The maximum absolute atomic E-state index is 10.7. The zero-order chi connectivity index (χ0) is 27.8. The third-order valence-corrected chi connectivity index (χ3v) is 6.10. The number of carbonyl (C=O) groups excluding carboxylic acids is 3. The second kappa shape index (κ2) is 12.3. The van der Waals surface area contributed by atoms with Gasteiger partial charge in [-0.05, 0) is 18.2 Å². The molecule has 0 bridgehead atoms. The Morgan fingerprint density at radius 3 is 0.949 bits per heavy atom. The van der Waals surface area contributed by atoms with E-state index >= 15 is 0 Å². The molecule has 0 N–H and O–H groups in total. The molecule has 0 spiro atoms. The van der Waals surface area contributed by atoms with Crippen LogP contribution < -0.4 is 14.5 Å². The van der Waals surface area contributed by atoms with Crippen LogP contribution in [0.15, 0.2) is 91.4 Å². The largest absolute Gasteiger partial charge is 0.417 e. The fraction of sp³-hybridized carbons (Fsp3) is 0.100. The molecular formula is C30H27N3O6. The molecular weight excluding hydrogens is 498 g/mol. The Morgan fingerprint density at radius 2 is 0.718 bits per heavy atom. The fourth-order valence-electron chi connectivity index (χ4n) is 4.26. The van der Waals surface area contributed by atoms with E-state index in [1.165, 1.54) is 0 Å². The first-order chi connectivity index (χ1) is 19.1. The van der Waals surface area contributed by atoms with Crippen molar-refractivity contribution in [3.05, 3.63) is 108 Å². The van der Waals surface area contributed by atoms with Crippen LogP contribution in [-0.4, -0.2) is 54.4 Å². The maximum Gasteiger partial charge on any atom is 0.152 e. The van der Waals surface area contributed by atoms with Crippen molar-refractivity contribution in [2.45, 2.75) is 0 Å². The van der Waals surface area contributed by atoms with Crippen LogP contribution >= 0.6 is 0 Å². The minimum absolute atomic E-state index is 0.650.